The number of unbranched alkanes of at least 4 members (excludes halogenated alkanes) is 8. The first-order valence-electron chi connectivity index (χ1n) is 11.1. The fourth-order valence-electron chi connectivity index (χ4n) is 3.66. The summed E-state index contributed by atoms with van der Waals surface area (Å²) < 4.78 is 14.6. The van der Waals surface area contributed by atoms with Crippen molar-refractivity contribution in [2.24, 2.45) is 0 Å². The second kappa shape index (κ2) is 12.7. The largest absolute Gasteiger partial charge is 0.206 e. The lowest BCUT2D eigenvalue weighted by molar-refractivity contribution is 0.618. The van der Waals surface area contributed by atoms with E-state index >= 15 is 0 Å². The molecule has 0 spiro atoms. The second-order valence-electron chi connectivity index (χ2n) is 7.84. The predicted octanol–water partition coefficient (Wildman–Crippen LogP) is 8.52. The zero-order chi connectivity index (χ0) is 19.3. The fourth-order valence-corrected chi connectivity index (χ4v) is 3.66. The molecule has 0 heterocycles. The van der Waals surface area contributed by atoms with Crippen LogP contribution in [-0.2, 0) is 12.8 Å². The summed E-state index contributed by atoms with van der Waals surface area (Å²) in [5, 5.41) is 0. The van der Waals surface area contributed by atoms with Gasteiger partial charge in [-0.2, -0.15) is 0 Å². The molecule has 2 rings (SSSR count). The van der Waals surface area contributed by atoms with Gasteiger partial charge in [0.15, 0.2) is 0 Å². The van der Waals surface area contributed by atoms with Crippen molar-refractivity contribution in [3.8, 4) is 11.1 Å². The SMILES string of the molecule is CCCCCCCc1ccc(-c2ccc(CCCCCCC)cc2F)cc1. The summed E-state index contributed by atoms with van der Waals surface area (Å²) in [5.74, 6) is -0.0895. The topological polar surface area (TPSA) is 0 Å². The van der Waals surface area contributed by atoms with Gasteiger partial charge in [-0.1, -0.05) is 102 Å². The molecule has 27 heavy (non-hydrogen) atoms. The molecule has 0 aliphatic rings. The van der Waals surface area contributed by atoms with E-state index in [9.17, 15) is 4.39 Å². The molecular weight excluding hydrogens is 331 g/mol. The maximum absolute atomic E-state index is 14.6. The van der Waals surface area contributed by atoms with E-state index in [-0.39, 0.29) is 5.82 Å². The molecule has 0 saturated heterocycles. The van der Waals surface area contributed by atoms with Crippen molar-refractivity contribution >= 4 is 0 Å². The van der Waals surface area contributed by atoms with E-state index in [1.165, 1.54) is 63.4 Å². The Balaban J connectivity index is 1.86. The summed E-state index contributed by atoms with van der Waals surface area (Å²) in [7, 11) is 0. The standard InChI is InChI=1S/C26H37F/c1-3-5-7-9-11-13-22-15-18-24(19-16-22)25-20-17-23(21-26(25)27)14-12-10-8-6-4-2/h15-21H,3-14H2,1-2H3. The molecule has 2 aromatic carbocycles. The van der Waals surface area contributed by atoms with Gasteiger partial charge in [0.2, 0.25) is 0 Å². The second-order valence-corrected chi connectivity index (χ2v) is 7.84. The Labute approximate surface area is 166 Å². The summed E-state index contributed by atoms with van der Waals surface area (Å²) >= 11 is 0. The molecule has 0 unspecified atom stereocenters. The van der Waals surface area contributed by atoms with Crippen LogP contribution < -0.4 is 0 Å². The minimum Gasteiger partial charge on any atom is -0.206 e. The summed E-state index contributed by atoms with van der Waals surface area (Å²) in [6.07, 6.45) is 14.9. The molecule has 0 aliphatic carbocycles. The molecule has 0 radical (unpaired) electrons. The quantitative estimate of drug-likeness (QED) is 0.311. The van der Waals surface area contributed by atoms with Gasteiger partial charge in [0.05, 0.1) is 0 Å². The third-order valence-corrected chi connectivity index (χ3v) is 5.44. The zero-order valence-electron chi connectivity index (χ0n) is 17.4. The van der Waals surface area contributed by atoms with Crippen LogP contribution in [0, 0.1) is 5.82 Å². The Kier molecular flexibility index (Phi) is 10.2. The van der Waals surface area contributed by atoms with Crippen molar-refractivity contribution < 1.29 is 4.39 Å². The number of benzene rings is 2. The van der Waals surface area contributed by atoms with Gasteiger partial charge in [-0.15, -0.1) is 0 Å². The van der Waals surface area contributed by atoms with Crippen LogP contribution in [0.15, 0.2) is 42.5 Å². The molecule has 2 aromatic rings. The van der Waals surface area contributed by atoms with Crippen molar-refractivity contribution in [3.63, 3.8) is 0 Å². The molecule has 0 bridgehead atoms. The lowest BCUT2D eigenvalue weighted by Crippen LogP contribution is -1.92. The molecule has 0 fully saturated rings. The van der Waals surface area contributed by atoms with Crippen molar-refractivity contribution in [3.05, 3.63) is 59.4 Å². The maximum Gasteiger partial charge on any atom is 0.131 e. The Bertz CT molecular complexity index is 642. The van der Waals surface area contributed by atoms with Gasteiger partial charge in [-0.05, 0) is 48.4 Å². The van der Waals surface area contributed by atoms with Crippen LogP contribution in [0.5, 0.6) is 0 Å². The number of rotatable bonds is 13. The Morgan fingerprint density at radius 3 is 1.67 bits per heavy atom. The van der Waals surface area contributed by atoms with E-state index in [0.29, 0.717) is 0 Å². The smallest absolute Gasteiger partial charge is 0.131 e. The zero-order valence-corrected chi connectivity index (χ0v) is 17.4. The number of aryl methyl sites for hydroxylation is 2. The van der Waals surface area contributed by atoms with Gasteiger partial charge in [0, 0.05) is 5.56 Å². The van der Waals surface area contributed by atoms with E-state index in [4.69, 9.17) is 0 Å². The van der Waals surface area contributed by atoms with Gasteiger partial charge in [0.25, 0.3) is 0 Å². The Hall–Kier alpha value is -1.63. The lowest BCUT2D eigenvalue weighted by atomic mass is 9.98. The average molecular weight is 369 g/mol. The minimum absolute atomic E-state index is 0.0895. The molecule has 148 valence electrons. The van der Waals surface area contributed by atoms with Crippen LogP contribution in [0.3, 0.4) is 0 Å². The summed E-state index contributed by atoms with van der Waals surface area (Å²) in [6, 6.07) is 14.3. The van der Waals surface area contributed by atoms with E-state index in [1.807, 2.05) is 6.07 Å². The summed E-state index contributed by atoms with van der Waals surface area (Å²) in [6.45, 7) is 4.48. The third kappa shape index (κ3) is 7.87. The Morgan fingerprint density at radius 1 is 0.593 bits per heavy atom. The van der Waals surface area contributed by atoms with Crippen LogP contribution >= 0.6 is 0 Å². The first-order chi connectivity index (χ1) is 13.2. The monoisotopic (exact) mass is 368 g/mol. The number of halogens is 1. The van der Waals surface area contributed by atoms with Crippen LogP contribution in [0.1, 0.15) is 89.2 Å². The number of hydrogen-bond acceptors (Lipinski definition) is 0. The van der Waals surface area contributed by atoms with E-state index in [1.54, 1.807) is 6.07 Å². The Morgan fingerprint density at radius 2 is 1.11 bits per heavy atom. The molecule has 1 heteroatoms. The van der Waals surface area contributed by atoms with Crippen molar-refractivity contribution in [1.82, 2.24) is 0 Å². The molecule has 0 N–H and O–H groups in total. The molecule has 0 atom stereocenters. The highest BCUT2D eigenvalue weighted by atomic mass is 19.1. The first-order valence-corrected chi connectivity index (χ1v) is 11.1. The maximum atomic E-state index is 14.6. The third-order valence-electron chi connectivity index (χ3n) is 5.44. The predicted molar refractivity (Wildman–Crippen MR) is 117 cm³/mol. The van der Waals surface area contributed by atoms with Crippen LogP contribution in [0.2, 0.25) is 0 Å². The lowest BCUT2D eigenvalue weighted by Gasteiger charge is -2.08. The molecule has 0 amide bonds. The highest BCUT2D eigenvalue weighted by molar-refractivity contribution is 5.64. The van der Waals surface area contributed by atoms with E-state index in [0.717, 1.165) is 36.0 Å². The van der Waals surface area contributed by atoms with Crippen LogP contribution in [0.25, 0.3) is 11.1 Å². The van der Waals surface area contributed by atoms with Gasteiger partial charge in [-0.25, -0.2) is 4.39 Å². The molecule has 0 nitrogen and oxygen atoms in total. The van der Waals surface area contributed by atoms with Gasteiger partial charge in [0.1, 0.15) is 5.82 Å². The van der Waals surface area contributed by atoms with Crippen molar-refractivity contribution in [2.45, 2.75) is 90.9 Å². The highest BCUT2D eigenvalue weighted by Crippen LogP contribution is 2.25. The van der Waals surface area contributed by atoms with Gasteiger partial charge in [-0.3, -0.25) is 0 Å². The summed E-state index contributed by atoms with van der Waals surface area (Å²) in [5.41, 5.74) is 4.19. The average Bonchev–Trinajstić information content (AvgIpc) is 2.68. The van der Waals surface area contributed by atoms with E-state index < -0.39 is 0 Å². The normalized spacial score (nSPS) is 11.1. The fraction of sp³-hybridized carbons (Fsp3) is 0.538. The van der Waals surface area contributed by atoms with Crippen molar-refractivity contribution in [2.75, 3.05) is 0 Å². The number of hydrogen-bond donors (Lipinski definition) is 0. The minimum atomic E-state index is -0.0895. The molecule has 0 aliphatic heterocycles. The molecule has 0 saturated carbocycles. The van der Waals surface area contributed by atoms with Crippen molar-refractivity contribution in [1.29, 1.82) is 0 Å². The highest BCUT2D eigenvalue weighted by Gasteiger charge is 2.07. The van der Waals surface area contributed by atoms with Gasteiger partial charge >= 0.3 is 0 Å². The van der Waals surface area contributed by atoms with Gasteiger partial charge < -0.3 is 0 Å². The molecule has 0 aromatic heterocycles. The van der Waals surface area contributed by atoms with Crippen LogP contribution in [0.4, 0.5) is 4.39 Å². The first kappa shape index (κ1) is 21.7. The van der Waals surface area contributed by atoms with Crippen LogP contribution in [-0.4, -0.2) is 0 Å². The summed E-state index contributed by atoms with van der Waals surface area (Å²) in [4.78, 5) is 0. The molecular formula is C26H37F. The van der Waals surface area contributed by atoms with E-state index in [2.05, 4.69) is 44.2 Å².